The van der Waals surface area contributed by atoms with E-state index in [1.807, 2.05) is 35.4 Å². The number of carbonyl (C=O) groups is 1. The molecular weight excluding hydrogens is 352 g/mol. The first-order valence-corrected chi connectivity index (χ1v) is 9.59. The molecule has 2 heterocycles. The maximum atomic E-state index is 12.8. The van der Waals surface area contributed by atoms with Crippen molar-refractivity contribution in [1.82, 2.24) is 9.47 Å². The van der Waals surface area contributed by atoms with Crippen LogP contribution in [0.1, 0.15) is 36.6 Å². The molecule has 1 aliphatic heterocycles. The summed E-state index contributed by atoms with van der Waals surface area (Å²) in [7, 11) is 3.22. The molecule has 0 spiro atoms. The number of hydrogen-bond acceptors (Lipinski definition) is 5. The Morgan fingerprint density at radius 3 is 2.69 bits per heavy atom. The third-order valence-corrected chi connectivity index (χ3v) is 5.77. The molecule has 0 bridgehead atoms. The van der Waals surface area contributed by atoms with Gasteiger partial charge in [-0.05, 0) is 37.5 Å². The molecule has 26 heavy (non-hydrogen) atoms. The maximum absolute atomic E-state index is 12.8. The third-order valence-electron chi connectivity index (χ3n) is 4.89. The predicted octanol–water partition coefficient (Wildman–Crippen LogP) is 2.99. The first kappa shape index (κ1) is 18.5. The number of nitrogens with zero attached hydrogens (tertiary/aromatic N) is 2. The van der Waals surface area contributed by atoms with E-state index in [1.54, 1.807) is 18.8 Å². The molecule has 0 aliphatic carbocycles. The lowest BCUT2D eigenvalue weighted by atomic mass is 10.0. The average molecular weight is 376 g/mol. The minimum Gasteiger partial charge on any atom is -0.493 e. The summed E-state index contributed by atoms with van der Waals surface area (Å²) < 4.78 is 12.4. The molecule has 3 rings (SSSR count). The summed E-state index contributed by atoms with van der Waals surface area (Å²) in [6.45, 7) is 3.07. The van der Waals surface area contributed by atoms with E-state index in [9.17, 15) is 9.59 Å². The van der Waals surface area contributed by atoms with Crippen LogP contribution in [0.3, 0.4) is 0 Å². The van der Waals surface area contributed by atoms with Gasteiger partial charge in [-0.2, -0.15) is 0 Å². The molecule has 0 N–H and O–H groups in total. The Balaban J connectivity index is 1.73. The summed E-state index contributed by atoms with van der Waals surface area (Å²) in [4.78, 5) is 26.5. The number of benzene rings is 1. The lowest BCUT2D eigenvalue weighted by Crippen LogP contribution is -2.32. The second-order valence-corrected chi connectivity index (χ2v) is 7.22. The molecule has 6 nitrogen and oxygen atoms in total. The number of carbonyl (C=O) groups excluding carboxylic acids is 1. The lowest BCUT2D eigenvalue weighted by Gasteiger charge is -2.26. The Morgan fingerprint density at radius 2 is 2.04 bits per heavy atom. The lowest BCUT2D eigenvalue weighted by molar-refractivity contribution is -0.132. The molecule has 0 radical (unpaired) electrons. The summed E-state index contributed by atoms with van der Waals surface area (Å²) in [5.74, 6) is 1.43. The zero-order valence-corrected chi connectivity index (χ0v) is 16.2. The number of likely N-dealkylation sites (tertiary alicyclic amines) is 1. The Hall–Kier alpha value is -2.28. The summed E-state index contributed by atoms with van der Waals surface area (Å²) >= 11 is 1.18. The molecule has 1 saturated heterocycles. The van der Waals surface area contributed by atoms with E-state index in [-0.39, 0.29) is 16.8 Å². The van der Waals surface area contributed by atoms with Crippen molar-refractivity contribution >= 4 is 17.2 Å². The van der Waals surface area contributed by atoms with Crippen LogP contribution in [-0.4, -0.2) is 36.1 Å². The third kappa shape index (κ3) is 3.62. The predicted molar refractivity (Wildman–Crippen MR) is 101 cm³/mol. The fourth-order valence-electron chi connectivity index (χ4n) is 3.50. The van der Waals surface area contributed by atoms with Gasteiger partial charge in [0.25, 0.3) is 0 Å². The first-order valence-electron chi connectivity index (χ1n) is 8.71. The Kier molecular flexibility index (Phi) is 5.66. The zero-order chi connectivity index (χ0) is 18.7. The summed E-state index contributed by atoms with van der Waals surface area (Å²) in [5, 5.41) is 1.83. The fraction of sp³-hybridized carbons (Fsp3) is 0.474. The normalized spacial score (nSPS) is 16.7. The SMILES string of the molecule is COc1ccc(C2CCCN2C(=O)CCn2c(C)csc2=O)cc1OC. The molecule has 1 fully saturated rings. The summed E-state index contributed by atoms with van der Waals surface area (Å²) in [5.41, 5.74) is 1.96. The van der Waals surface area contributed by atoms with Crippen molar-refractivity contribution in [2.75, 3.05) is 20.8 Å². The van der Waals surface area contributed by atoms with Crippen LogP contribution in [0.25, 0.3) is 0 Å². The molecule has 7 heteroatoms. The van der Waals surface area contributed by atoms with E-state index in [2.05, 4.69) is 0 Å². The van der Waals surface area contributed by atoms with Crippen molar-refractivity contribution in [2.24, 2.45) is 0 Å². The van der Waals surface area contributed by atoms with Crippen LogP contribution < -0.4 is 14.3 Å². The summed E-state index contributed by atoms with van der Waals surface area (Å²) in [6, 6.07) is 5.86. The van der Waals surface area contributed by atoms with Crippen LogP contribution in [0.15, 0.2) is 28.4 Å². The van der Waals surface area contributed by atoms with E-state index < -0.39 is 0 Å². The van der Waals surface area contributed by atoms with Crippen molar-refractivity contribution < 1.29 is 14.3 Å². The number of amides is 1. The highest BCUT2D eigenvalue weighted by Crippen LogP contribution is 2.37. The highest BCUT2D eigenvalue weighted by molar-refractivity contribution is 7.07. The Morgan fingerprint density at radius 1 is 1.27 bits per heavy atom. The minimum atomic E-state index is -0.00633. The molecule has 140 valence electrons. The van der Waals surface area contributed by atoms with Gasteiger partial charge in [-0.15, -0.1) is 0 Å². The molecule has 1 aromatic carbocycles. The smallest absolute Gasteiger partial charge is 0.307 e. The first-order chi connectivity index (χ1) is 12.5. The van der Waals surface area contributed by atoms with E-state index in [0.29, 0.717) is 24.5 Å². The van der Waals surface area contributed by atoms with Gasteiger partial charge in [0, 0.05) is 30.6 Å². The molecule has 1 aromatic heterocycles. The Bertz CT molecular complexity index is 842. The second kappa shape index (κ2) is 7.95. The molecule has 0 saturated carbocycles. The summed E-state index contributed by atoms with van der Waals surface area (Å²) in [6.07, 6.45) is 2.24. The van der Waals surface area contributed by atoms with Crippen LogP contribution in [0, 0.1) is 6.92 Å². The van der Waals surface area contributed by atoms with Gasteiger partial charge >= 0.3 is 4.87 Å². The molecule has 1 atom stereocenters. The van der Waals surface area contributed by atoms with Gasteiger partial charge in [0.05, 0.1) is 20.3 Å². The van der Waals surface area contributed by atoms with Gasteiger partial charge in [0.2, 0.25) is 5.91 Å². The monoisotopic (exact) mass is 376 g/mol. The topological polar surface area (TPSA) is 60.8 Å². The molecule has 1 aliphatic rings. The van der Waals surface area contributed by atoms with Crippen molar-refractivity contribution in [3.8, 4) is 11.5 Å². The van der Waals surface area contributed by atoms with Gasteiger partial charge in [0.1, 0.15) is 0 Å². The van der Waals surface area contributed by atoms with Gasteiger partial charge in [-0.3, -0.25) is 9.59 Å². The largest absolute Gasteiger partial charge is 0.493 e. The average Bonchev–Trinajstić information content (AvgIpc) is 3.26. The van der Waals surface area contributed by atoms with Gasteiger partial charge in [0.15, 0.2) is 11.5 Å². The number of aryl methyl sites for hydroxylation is 1. The zero-order valence-electron chi connectivity index (χ0n) is 15.4. The van der Waals surface area contributed by atoms with Crippen molar-refractivity contribution in [3.05, 3.63) is 44.5 Å². The van der Waals surface area contributed by atoms with Crippen molar-refractivity contribution in [3.63, 3.8) is 0 Å². The number of methoxy groups -OCH3 is 2. The number of hydrogen-bond donors (Lipinski definition) is 0. The van der Waals surface area contributed by atoms with Crippen LogP contribution in [0.4, 0.5) is 0 Å². The van der Waals surface area contributed by atoms with Crippen molar-refractivity contribution in [2.45, 2.75) is 38.8 Å². The van der Waals surface area contributed by atoms with E-state index in [1.165, 1.54) is 11.3 Å². The van der Waals surface area contributed by atoms with Crippen LogP contribution in [-0.2, 0) is 11.3 Å². The van der Waals surface area contributed by atoms with Crippen LogP contribution in [0.5, 0.6) is 11.5 Å². The highest BCUT2D eigenvalue weighted by atomic mass is 32.1. The fourth-order valence-corrected chi connectivity index (χ4v) is 4.26. The number of thiazole rings is 1. The highest BCUT2D eigenvalue weighted by Gasteiger charge is 2.30. The maximum Gasteiger partial charge on any atom is 0.307 e. The van der Waals surface area contributed by atoms with Gasteiger partial charge in [-0.25, -0.2) is 0 Å². The number of ether oxygens (including phenoxy) is 2. The Labute approximate surface area is 157 Å². The van der Waals surface area contributed by atoms with E-state index in [4.69, 9.17) is 9.47 Å². The van der Waals surface area contributed by atoms with Crippen molar-refractivity contribution in [1.29, 1.82) is 0 Å². The number of aromatic nitrogens is 1. The number of rotatable bonds is 6. The van der Waals surface area contributed by atoms with Gasteiger partial charge in [-0.1, -0.05) is 17.4 Å². The quantitative estimate of drug-likeness (QED) is 0.778. The molecule has 1 unspecified atom stereocenters. The molecule has 1 amide bonds. The molecular formula is C19H24N2O4S. The minimum absolute atomic E-state index is 0.00633. The van der Waals surface area contributed by atoms with Crippen LogP contribution >= 0.6 is 11.3 Å². The second-order valence-electron chi connectivity index (χ2n) is 6.40. The molecule has 2 aromatic rings. The van der Waals surface area contributed by atoms with Gasteiger partial charge < -0.3 is 18.9 Å². The standard InChI is InChI=1S/C19H24N2O4S/c1-13-12-26-19(23)20(13)10-8-18(22)21-9-4-5-15(21)14-6-7-16(24-2)17(11-14)25-3/h6-7,11-12,15H,4-5,8-10H2,1-3H3. The van der Waals surface area contributed by atoms with E-state index >= 15 is 0 Å². The van der Waals surface area contributed by atoms with E-state index in [0.717, 1.165) is 30.6 Å². The van der Waals surface area contributed by atoms with Crippen LogP contribution in [0.2, 0.25) is 0 Å².